The molecular formula is C6H7Cl2O3. The largest absolute Gasteiger partial charge is 0.391 e. The molecule has 0 aliphatic rings. The smallest absolute Gasteiger partial charge is 0.347 e. The van der Waals surface area contributed by atoms with Gasteiger partial charge in [-0.15, -0.1) is 0 Å². The highest BCUT2D eigenvalue weighted by molar-refractivity contribution is 6.53. The molecule has 11 heavy (non-hydrogen) atoms. The van der Waals surface area contributed by atoms with Gasteiger partial charge in [0.1, 0.15) is 0 Å². The lowest BCUT2D eigenvalue weighted by Gasteiger charge is -2.00. The Morgan fingerprint density at radius 1 is 1.45 bits per heavy atom. The van der Waals surface area contributed by atoms with Crippen molar-refractivity contribution in [3.8, 4) is 0 Å². The monoisotopic (exact) mass is 197 g/mol. The molecule has 0 aromatic carbocycles. The van der Waals surface area contributed by atoms with Crippen molar-refractivity contribution in [3.63, 3.8) is 0 Å². The van der Waals surface area contributed by atoms with Crippen molar-refractivity contribution in [1.29, 1.82) is 0 Å². The van der Waals surface area contributed by atoms with Gasteiger partial charge in [0.15, 0.2) is 0 Å². The standard InChI is InChI=1S/C6H7Cl2O3/c1-2-3-4(9)11-6(10)5(7)8/h5H,1-3H2. The summed E-state index contributed by atoms with van der Waals surface area (Å²) in [6.45, 7) is 3.40. The van der Waals surface area contributed by atoms with Gasteiger partial charge in [-0.25, -0.2) is 4.79 Å². The summed E-state index contributed by atoms with van der Waals surface area (Å²) in [5, 5.41) is 0. The number of carbonyl (C=O) groups is 2. The molecule has 0 aliphatic carbocycles. The highest BCUT2D eigenvalue weighted by Crippen LogP contribution is 2.04. The number of ether oxygens (including phenoxy) is 1. The van der Waals surface area contributed by atoms with E-state index in [9.17, 15) is 9.59 Å². The molecule has 0 aromatic rings. The van der Waals surface area contributed by atoms with E-state index in [1.54, 1.807) is 0 Å². The summed E-state index contributed by atoms with van der Waals surface area (Å²) in [5.74, 6) is -1.59. The Kier molecular flexibility index (Phi) is 5.24. The van der Waals surface area contributed by atoms with Gasteiger partial charge in [0, 0.05) is 6.42 Å². The van der Waals surface area contributed by atoms with Gasteiger partial charge in [-0.1, -0.05) is 30.1 Å². The van der Waals surface area contributed by atoms with Crippen molar-refractivity contribution < 1.29 is 14.3 Å². The average molecular weight is 198 g/mol. The van der Waals surface area contributed by atoms with Crippen molar-refractivity contribution in [2.45, 2.75) is 17.7 Å². The molecule has 63 valence electrons. The van der Waals surface area contributed by atoms with Crippen molar-refractivity contribution >= 4 is 35.1 Å². The van der Waals surface area contributed by atoms with Gasteiger partial charge >= 0.3 is 11.9 Å². The third-order valence-electron chi connectivity index (χ3n) is 0.774. The molecular weight excluding hydrogens is 191 g/mol. The second-order valence-electron chi connectivity index (χ2n) is 1.70. The Morgan fingerprint density at radius 3 is 2.36 bits per heavy atom. The summed E-state index contributed by atoms with van der Waals surface area (Å²) >= 11 is 10.2. The van der Waals surface area contributed by atoms with Gasteiger partial charge in [-0.2, -0.15) is 0 Å². The maximum atomic E-state index is 10.6. The fourth-order valence-electron chi connectivity index (χ4n) is 0.352. The van der Waals surface area contributed by atoms with Gasteiger partial charge in [0.2, 0.25) is 4.84 Å². The topological polar surface area (TPSA) is 43.4 Å². The minimum Gasteiger partial charge on any atom is -0.391 e. The molecule has 0 spiro atoms. The van der Waals surface area contributed by atoms with Gasteiger partial charge in [-0.05, 0) is 6.42 Å². The molecule has 0 saturated carbocycles. The van der Waals surface area contributed by atoms with E-state index < -0.39 is 16.8 Å². The second kappa shape index (κ2) is 5.38. The summed E-state index contributed by atoms with van der Waals surface area (Å²) in [6.07, 6.45) is 0.466. The summed E-state index contributed by atoms with van der Waals surface area (Å²) in [5.41, 5.74) is 0. The number of halogens is 2. The quantitative estimate of drug-likeness (QED) is 0.391. The van der Waals surface area contributed by atoms with E-state index in [1.807, 2.05) is 0 Å². The third kappa shape index (κ3) is 5.04. The molecule has 0 rings (SSSR count). The molecule has 0 amide bonds. The fourth-order valence-corrected chi connectivity index (χ4v) is 0.441. The lowest BCUT2D eigenvalue weighted by molar-refractivity contribution is -0.158. The van der Waals surface area contributed by atoms with Crippen molar-refractivity contribution in [3.05, 3.63) is 6.92 Å². The van der Waals surface area contributed by atoms with Crippen LogP contribution in [0.5, 0.6) is 0 Å². The van der Waals surface area contributed by atoms with Crippen LogP contribution in [-0.4, -0.2) is 16.8 Å². The molecule has 1 radical (unpaired) electrons. The lowest BCUT2D eigenvalue weighted by atomic mass is 10.3. The second-order valence-corrected chi connectivity index (χ2v) is 2.79. The first-order chi connectivity index (χ1) is 5.07. The first-order valence-corrected chi connectivity index (χ1v) is 3.77. The SMILES string of the molecule is [CH2]CCC(=O)OC(=O)C(Cl)Cl. The molecule has 0 bridgehead atoms. The van der Waals surface area contributed by atoms with Crippen LogP contribution in [0.1, 0.15) is 12.8 Å². The number of carbonyl (C=O) groups excluding carboxylic acids is 2. The Morgan fingerprint density at radius 2 is 2.00 bits per heavy atom. The van der Waals surface area contributed by atoms with Crippen LogP contribution in [0.3, 0.4) is 0 Å². The average Bonchev–Trinajstić information content (AvgIpc) is 1.87. The van der Waals surface area contributed by atoms with Gasteiger partial charge in [-0.3, -0.25) is 4.79 Å². The summed E-state index contributed by atoms with van der Waals surface area (Å²) < 4.78 is 4.17. The summed E-state index contributed by atoms with van der Waals surface area (Å²) in [4.78, 5) is 19.8. The molecule has 0 fully saturated rings. The predicted octanol–water partition coefficient (Wildman–Crippen LogP) is 1.47. The minimum atomic E-state index is -1.30. The van der Waals surface area contributed by atoms with Gasteiger partial charge < -0.3 is 4.74 Å². The molecule has 5 heteroatoms. The summed E-state index contributed by atoms with van der Waals surface area (Å²) in [6, 6.07) is 0. The van der Waals surface area contributed by atoms with Crippen LogP contribution in [0.15, 0.2) is 0 Å². The van der Waals surface area contributed by atoms with Crippen LogP contribution in [0, 0.1) is 6.92 Å². The highest BCUT2D eigenvalue weighted by atomic mass is 35.5. The molecule has 0 atom stereocenters. The van der Waals surface area contributed by atoms with Crippen LogP contribution in [0.2, 0.25) is 0 Å². The van der Waals surface area contributed by atoms with Crippen LogP contribution in [0.4, 0.5) is 0 Å². The van der Waals surface area contributed by atoms with Crippen LogP contribution in [-0.2, 0) is 14.3 Å². The molecule has 0 heterocycles. The fraction of sp³-hybridized carbons (Fsp3) is 0.500. The summed E-state index contributed by atoms with van der Waals surface area (Å²) in [7, 11) is 0. The molecule has 0 unspecified atom stereocenters. The number of hydrogen-bond donors (Lipinski definition) is 0. The molecule has 0 N–H and O–H groups in total. The zero-order valence-corrected chi connectivity index (χ0v) is 7.19. The normalized spacial score (nSPS) is 9.82. The third-order valence-corrected chi connectivity index (χ3v) is 1.13. The predicted molar refractivity (Wildman–Crippen MR) is 41.2 cm³/mol. The molecule has 0 aliphatic heterocycles. The highest BCUT2D eigenvalue weighted by Gasteiger charge is 2.16. The first-order valence-electron chi connectivity index (χ1n) is 2.90. The zero-order chi connectivity index (χ0) is 8.85. The number of rotatable bonds is 3. The maximum Gasteiger partial charge on any atom is 0.347 e. The molecule has 3 nitrogen and oxygen atoms in total. The van der Waals surface area contributed by atoms with Gasteiger partial charge in [0.25, 0.3) is 0 Å². The van der Waals surface area contributed by atoms with E-state index in [0.717, 1.165) is 0 Å². The number of alkyl halides is 2. The van der Waals surface area contributed by atoms with E-state index in [2.05, 4.69) is 11.7 Å². The Hall–Kier alpha value is -0.280. The van der Waals surface area contributed by atoms with Crippen molar-refractivity contribution in [2.24, 2.45) is 0 Å². The first kappa shape index (κ1) is 10.7. The zero-order valence-electron chi connectivity index (χ0n) is 5.68. The van der Waals surface area contributed by atoms with E-state index in [0.29, 0.717) is 6.42 Å². The lowest BCUT2D eigenvalue weighted by Crippen LogP contribution is -2.17. The minimum absolute atomic E-state index is 0.0895. The van der Waals surface area contributed by atoms with E-state index >= 15 is 0 Å². The number of esters is 2. The van der Waals surface area contributed by atoms with E-state index in [4.69, 9.17) is 23.2 Å². The van der Waals surface area contributed by atoms with Crippen molar-refractivity contribution in [1.82, 2.24) is 0 Å². The molecule has 0 saturated heterocycles. The van der Waals surface area contributed by atoms with E-state index in [-0.39, 0.29) is 6.42 Å². The van der Waals surface area contributed by atoms with Crippen LogP contribution in [0.25, 0.3) is 0 Å². The number of hydrogen-bond acceptors (Lipinski definition) is 3. The Bertz CT molecular complexity index is 156. The van der Waals surface area contributed by atoms with Crippen molar-refractivity contribution in [2.75, 3.05) is 0 Å². The maximum absolute atomic E-state index is 10.6. The molecule has 0 aromatic heterocycles. The Balaban J connectivity index is 3.67. The van der Waals surface area contributed by atoms with Gasteiger partial charge in [0.05, 0.1) is 0 Å². The Labute approximate surface area is 74.6 Å². The van der Waals surface area contributed by atoms with E-state index in [1.165, 1.54) is 0 Å². The van der Waals surface area contributed by atoms with Crippen LogP contribution < -0.4 is 0 Å². The van der Waals surface area contributed by atoms with Crippen LogP contribution >= 0.6 is 23.2 Å².